The van der Waals surface area contributed by atoms with Gasteiger partial charge in [0.25, 0.3) is 26.0 Å². The predicted octanol–water partition coefficient (Wildman–Crippen LogP) is 6.18. The van der Waals surface area contributed by atoms with Gasteiger partial charge in [0.15, 0.2) is 0 Å². The number of aryl methyl sites for hydroxylation is 1. The van der Waals surface area contributed by atoms with Gasteiger partial charge in [-0.05, 0) is 73.7 Å². The number of carbonyl (C=O) groups excluding carboxylic acids is 1. The van der Waals surface area contributed by atoms with Crippen LogP contribution in [0.15, 0.2) is 101 Å². The molecule has 0 aromatic heterocycles. The van der Waals surface area contributed by atoms with Crippen molar-refractivity contribution < 1.29 is 21.6 Å². The maximum absolute atomic E-state index is 13.2. The second-order valence-corrected chi connectivity index (χ2v) is 13.0. The van der Waals surface area contributed by atoms with Gasteiger partial charge >= 0.3 is 0 Å². The number of para-hydroxylation sites is 1. The van der Waals surface area contributed by atoms with Crippen molar-refractivity contribution in [2.24, 2.45) is 0 Å². The first kappa shape index (κ1) is 28.4. The highest BCUT2D eigenvalue weighted by molar-refractivity contribution is 7.93. The maximum atomic E-state index is 13.2. The quantitative estimate of drug-likeness (QED) is 0.250. The standard InChI is InChI=1S/C27H23Cl2N3O5S2/c1-18-7-12-22(13-8-18)39(36,37)32(2)26-6-4-3-5-23(26)27(33)30-20-10-14-21(15-11-20)38(34,35)31-25-16-9-19(28)17-24(25)29/h3-17,31H,1-2H3,(H,30,33). The van der Waals surface area contributed by atoms with Crippen molar-refractivity contribution in [1.29, 1.82) is 0 Å². The van der Waals surface area contributed by atoms with E-state index in [2.05, 4.69) is 10.0 Å². The largest absolute Gasteiger partial charge is 0.322 e. The van der Waals surface area contributed by atoms with Gasteiger partial charge in [-0.3, -0.25) is 13.8 Å². The predicted molar refractivity (Wildman–Crippen MR) is 155 cm³/mol. The van der Waals surface area contributed by atoms with Crippen molar-refractivity contribution in [2.75, 3.05) is 21.4 Å². The Morgan fingerprint density at radius 2 is 1.41 bits per heavy atom. The molecular formula is C27H23Cl2N3O5S2. The first-order valence-corrected chi connectivity index (χ1v) is 15.1. The lowest BCUT2D eigenvalue weighted by Gasteiger charge is -2.22. The first-order chi connectivity index (χ1) is 18.4. The number of nitrogens with one attached hydrogen (secondary N) is 2. The smallest absolute Gasteiger partial charge is 0.264 e. The zero-order chi connectivity index (χ0) is 28.4. The third-order valence-corrected chi connectivity index (χ3v) is 9.48. The molecule has 0 radical (unpaired) electrons. The molecule has 39 heavy (non-hydrogen) atoms. The van der Waals surface area contributed by atoms with Crippen LogP contribution in [0.1, 0.15) is 15.9 Å². The average molecular weight is 605 g/mol. The van der Waals surface area contributed by atoms with E-state index in [1.165, 1.54) is 73.8 Å². The van der Waals surface area contributed by atoms with Crippen LogP contribution in [0.25, 0.3) is 0 Å². The molecule has 0 unspecified atom stereocenters. The average Bonchev–Trinajstić information content (AvgIpc) is 2.90. The summed E-state index contributed by atoms with van der Waals surface area (Å²) in [7, 11) is -6.53. The Bertz CT molecular complexity index is 1740. The number of nitrogens with zero attached hydrogens (tertiary/aromatic N) is 1. The zero-order valence-corrected chi connectivity index (χ0v) is 23.9. The third kappa shape index (κ3) is 6.36. The zero-order valence-electron chi connectivity index (χ0n) is 20.7. The van der Waals surface area contributed by atoms with Crippen molar-refractivity contribution in [1.82, 2.24) is 0 Å². The van der Waals surface area contributed by atoms with E-state index in [1.54, 1.807) is 24.3 Å². The summed E-state index contributed by atoms with van der Waals surface area (Å²) in [6.07, 6.45) is 0. The fourth-order valence-corrected chi connectivity index (χ4v) is 6.44. The second-order valence-electron chi connectivity index (χ2n) is 8.51. The molecule has 0 fully saturated rings. The summed E-state index contributed by atoms with van der Waals surface area (Å²) in [5.74, 6) is -0.571. The molecule has 2 N–H and O–H groups in total. The molecule has 0 spiro atoms. The number of sulfonamides is 2. The highest BCUT2D eigenvalue weighted by Crippen LogP contribution is 2.29. The fraction of sp³-hybridized carbons (Fsp3) is 0.0741. The van der Waals surface area contributed by atoms with E-state index < -0.39 is 26.0 Å². The van der Waals surface area contributed by atoms with Gasteiger partial charge in [-0.2, -0.15) is 0 Å². The van der Waals surface area contributed by atoms with Crippen LogP contribution in [0.2, 0.25) is 10.0 Å². The summed E-state index contributed by atoms with van der Waals surface area (Å²) in [4.78, 5) is 13.2. The number of hydrogen-bond donors (Lipinski definition) is 2. The van der Waals surface area contributed by atoms with Crippen molar-refractivity contribution in [3.05, 3.63) is 112 Å². The van der Waals surface area contributed by atoms with E-state index in [9.17, 15) is 21.6 Å². The SMILES string of the molecule is Cc1ccc(S(=O)(=O)N(C)c2ccccc2C(=O)Nc2ccc(S(=O)(=O)Nc3ccc(Cl)cc3Cl)cc2)cc1. The Hall–Kier alpha value is -3.57. The summed E-state index contributed by atoms with van der Waals surface area (Å²) >= 11 is 11.9. The van der Waals surface area contributed by atoms with Gasteiger partial charge in [0.05, 0.1) is 31.8 Å². The number of carbonyl (C=O) groups is 1. The van der Waals surface area contributed by atoms with Crippen LogP contribution < -0.4 is 14.3 Å². The Labute approximate surface area is 237 Å². The lowest BCUT2D eigenvalue weighted by molar-refractivity contribution is 0.102. The van der Waals surface area contributed by atoms with Crippen molar-refractivity contribution in [3.63, 3.8) is 0 Å². The summed E-state index contributed by atoms with van der Waals surface area (Å²) in [6.45, 7) is 1.85. The highest BCUT2D eigenvalue weighted by atomic mass is 35.5. The Balaban J connectivity index is 1.53. The van der Waals surface area contributed by atoms with Crippen LogP contribution in [0.5, 0.6) is 0 Å². The summed E-state index contributed by atoms with van der Waals surface area (Å²) in [5.41, 5.74) is 1.69. The van der Waals surface area contributed by atoms with Gasteiger partial charge in [-0.25, -0.2) is 16.8 Å². The monoisotopic (exact) mass is 603 g/mol. The van der Waals surface area contributed by atoms with Gasteiger partial charge in [-0.15, -0.1) is 0 Å². The van der Waals surface area contributed by atoms with Crippen LogP contribution in [0.4, 0.5) is 17.1 Å². The van der Waals surface area contributed by atoms with Gasteiger partial charge in [0, 0.05) is 17.8 Å². The van der Waals surface area contributed by atoms with Crippen LogP contribution in [-0.4, -0.2) is 29.8 Å². The molecule has 0 aliphatic heterocycles. The molecule has 1 amide bonds. The molecule has 0 saturated carbocycles. The normalized spacial score (nSPS) is 11.6. The molecule has 0 aliphatic rings. The summed E-state index contributed by atoms with van der Waals surface area (Å²) < 4.78 is 55.4. The number of halogens is 2. The van der Waals surface area contributed by atoms with Gasteiger partial charge < -0.3 is 5.32 Å². The molecule has 0 atom stereocenters. The maximum Gasteiger partial charge on any atom is 0.264 e. The Kier molecular flexibility index (Phi) is 8.22. The lowest BCUT2D eigenvalue weighted by Crippen LogP contribution is -2.29. The molecule has 0 aliphatic carbocycles. The van der Waals surface area contributed by atoms with Crippen LogP contribution in [0, 0.1) is 6.92 Å². The topological polar surface area (TPSA) is 113 Å². The van der Waals surface area contributed by atoms with Crippen LogP contribution >= 0.6 is 23.2 Å². The van der Waals surface area contributed by atoms with Crippen LogP contribution in [0.3, 0.4) is 0 Å². The van der Waals surface area contributed by atoms with E-state index in [-0.39, 0.29) is 31.8 Å². The van der Waals surface area contributed by atoms with Gasteiger partial charge in [0.2, 0.25) is 0 Å². The lowest BCUT2D eigenvalue weighted by atomic mass is 10.1. The Morgan fingerprint density at radius 3 is 2.05 bits per heavy atom. The highest BCUT2D eigenvalue weighted by Gasteiger charge is 2.25. The minimum atomic E-state index is -3.97. The molecule has 202 valence electrons. The van der Waals surface area contributed by atoms with Gasteiger partial charge in [0.1, 0.15) is 0 Å². The molecule has 4 rings (SSSR count). The molecule has 0 heterocycles. The van der Waals surface area contributed by atoms with Crippen LogP contribution in [-0.2, 0) is 20.0 Å². The second kappa shape index (κ2) is 11.3. The Morgan fingerprint density at radius 1 is 0.795 bits per heavy atom. The molecule has 0 saturated heterocycles. The van der Waals surface area contributed by atoms with E-state index in [4.69, 9.17) is 23.2 Å². The van der Waals surface area contributed by atoms with E-state index in [0.717, 1.165) is 9.87 Å². The summed E-state index contributed by atoms with van der Waals surface area (Å²) in [6, 6.07) is 22.6. The minimum absolute atomic E-state index is 0.0594. The molecule has 8 nitrogen and oxygen atoms in total. The number of amides is 1. The number of hydrogen-bond acceptors (Lipinski definition) is 5. The number of rotatable bonds is 8. The van der Waals surface area contributed by atoms with E-state index in [0.29, 0.717) is 10.7 Å². The molecule has 0 bridgehead atoms. The molecular weight excluding hydrogens is 581 g/mol. The fourth-order valence-electron chi connectivity index (χ4n) is 3.63. The number of anilines is 3. The van der Waals surface area contributed by atoms with Crippen molar-refractivity contribution in [3.8, 4) is 0 Å². The van der Waals surface area contributed by atoms with Crippen molar-refractivity contribution in [2.45, 2.75) is 16.7 Å². The minimum Gasteiger partial charge on any atom is -0.322 e. The number of benzene rings is 4. The van der Waals surface area contributed by atoms with E-state index >= 15 is 0 Å². The molecule has 4 aromatic carbocycles. The molecule has 12 heteroatoms. The summed E-state index contributed by atoms with van der Waals surface area (Å²) in [5, 5.41) is 3.19. The van der Waals surface area contributed by atoms with Gasteiger partial charge in [-0.1, -0.05) is 53.0 Å². The third-order valence-electron chi connectivity index (χ3n) is 5.77. The van der Waals surface area contributed by atoms with Crippen molar-refractivity contribution >= 4 is 66.2 Å². The molecule has 4 aromatic rings. The first-order valence-electron chi connectivity index (χ1n) is 11.4. The van der Waals surface area contributed by atoms with E-state index in [1.807, 2.05) is 6.92 Å².